The molecule has 1 fully saturated rings. The summed E-state index contributed by atoms with van der Waals surface area (Å²) in [5, 5.41) is -0.326. The summed E-state index contributed by atoms with van der Waals surface area (Å²) in [5.41, 5.74) is 1.72. The number of fused-ring (bicyclic) bond motifs is 1. The van der Waals surface area contributed by atoms with E-state index in [0.29, 0.717) is 31.5 Å². The third kappa shape index (κ3) is 3.07. The average molecular weight is 330 g/mol. The molecule has 2 aliphatic rings. The predicted octanol–water partition coefficient (Wildman–Crippen LogP) is 0.461. The van der Waals surface area contributed by atoms with E-state index in [1.54, 1.807) is 6.07 Å². The number of nitrogens with one attached hydrogen (secondary N) is 1. The van der Waals surface area contributed by atoms with Gasteiger partial charge in [-0.3, -0.25) is 4.31 Å². The van der Waals surface area contributed by atoms with Crippen LogP contribution in [0.5, 0.6) is 0 Å². The van der Waals surface area contributed by atoms with Crippen molar-refractivity contribution in [3.63, 3.8) is 0 Å². The summed E-state index contributed by atoms with van der Waals surface area (Å²) in [6.45, 7) is 0.358. The van der Waals surface area contributed by atoms with Crippen molar-refractivity contribution < 1.29 is 16.8 Å². The molecular formula is C13H18N2O4S2. The Bertz CT molecular complexity index is 739. The topological polar surface area (TPSA) is 83.5 Å². The van der Waals surface area contributed by atoms with E-state index < -0.39 is 20.0 Å². The molecule has 1 saturated carbocycles. The standard InChI is InChI=1S/C13H18N2O4S2/c16-20(17,10-8-14-21(18,19)12-5-6-12)15-9-7-11-3-1-2-4-13(11)15/h1-4,12,14H,5-10H2. The highest BCUT2D eigenvalue weighted by Crippen LogP contribution is 2.30. The van der Waals surface area contributed by atoms with Crippen molar-refractivity contribution in [1.29, 1.82) is 0 Å². The van der Waals surface area contributed by atoms with Gasteiger partial charge < -0.3 is 0 Å². The second-order valence-corrected chi connectivity index (χ2v) is 9.46. The second-order valence-electron chi connectivity index (χ2n) is 5.41. The van der Waals surface area contributed by atoms with Gasteiger partial charge in [0.2, 0.25) is 20.0 Å². The van der Waals surface area contributed by atoms with Crippen molar-refractivity contribution in [2.45, 2.75) is 24.5 Å². The van der Waals surface area contributed by atoms with E-state index in [4.69, 9.17) is 0 Å². The fourth-order valence-corrected chi connectivity index (χ4v) is 5.45. The van der Waals surface area contributed by atoms with E-state index in [-0.39, 0.29) is 17.5 Å². The quantitative estimate of drug-likeness (QED) is 0.821. The minimum absolute atomic E-state index is 0.0696. The third-order valence-corrected chi connectivity index (χ3v) is 7.53. The van der Waals surface area contributed by atoms with Gasteiger partial charge in [-0.1, -0.05) is 18.2 Å². The summed E-state index contributed by atoms with van der Waals surface area (Å²) in [4.78, 5) is 0. The molecule has 0 unspecified atom stereocenters. The van der Waals surface area contributed by atoms with Gasteiger partial charge >= 0.3 is 0 Å². The fourth-order valence-electron chi connectivity index (χ4n) is 2.52. The lowest BCUT2D eigenvalue weighted by atomic mass is 10.2. The summed E-state index contributed by atoms with van der Waals surface area (Å²) >= 11 is 0. The normalized spacial score (nSPS) is 18.8. The Morgan fingerprint density at radius 3 is 2.57 bits per heavy atom. The lowest BCUT2D eigenvalue weighted by Crippen LogP contribution is -2.37. The molecule has 116 valence electrons. The summed E-state index contributed by atoms with van der Waals surface area (Å²) in [5.74, 6) is -0.215. The van der Waals surface area contributed by atoms with Crippen molar-refractivity contribution in [3.8, 4) is 0 Å². The maximum atomic E-state index is 12.4. The Kier molecular flexibility index (Phi) is 3.71. The molecule has 0 aromatic heterocycles. The summed E-state index contributed by atoms with van der Waals surface area (Å²) in [7, 11) is -6.82. The van der Waals surface area contributed by atoms with Crippen LogP contribution in [0.4, 0.5) is 5.69 Å². The van der Waals surface area contributed by atoms with E-state index in [0.717, 1.165) is 5.56 Å². The van der Waals surface area contributed by atoms with Crippen LogP contribution in [0.15, 0.2) is 24.3 Å². The Hall–Kier alpha value is -1.12. The molecule has 6 nitrogen and oxygen atoms in total. The molecule has 21 heavy (non-hydrogen) atoms. The van der Waals surface area contributed by atoms with Gasteiger partial charge in [-0.15, -0.1) is 0 Å². The minimum Gasteiger partial charge on any atom is -0.270 e. The number of hydrogen-bond acceptors (Lipinski definition) is 4. The van der Waals surface area contributed by atoms with Gasteiger partial charge in [0.25, 0.3) is 0 Å². The first kappa shape index (κ1) is 14.8. The number of rotatable bonds is 6. The number of para-hydroxylation sites is 1. The van der Waals surface area contributed by atoms with E-state index in [1.807, 2.05) is 18.2 Å². The molecule has 0 bridgehead atoms. The van der Waals surface area contributed by atoms with E-state index in [9.17, 15) is 16.8 Å². The van der Waals surface area contributed by atoms with Gasteiger partial charge in [-0.05, 0) is 30.9 Å². The zero-order valence-corrected chi connectivity index (χ0v) is 13.2. The van der Waals surface area contributed by atoms with Crippen molar-refractivity contribution in [3.05, 3.63) is 29.8 Å². The maximum Gasteiger partial charge on any atom is 0.236 e. The summed E-state index contributed by atoms with van der Waals surface area (Å²) < 4.78 is 51.8. The second kappa shape index (κ2) is 5.26. The number of nitrogens with zero attached hydrogens (tertiary/aromatic N) is 1. The number of benzene rings is 1. The zero-order chi connectivity index (χ0) is 15.1. The van der Waals surface area contributed by atoms with E-state index in [1.165, 1.54) is 4.31 Å². The van der Waals surface area contributed by atoms with Crippen LogP contribution in [0.2, 0.25) is 0 Å². The number of anilines is 1. The molecule has 1 N–H and O–H groups in total. The van der Waals surface area contributed by atoms with Crippen LogP contribution >= 0.6 is 0 Å². The first-order chi connectivity index (χ1) is 9.90. The van der Waals surface area contributed by atoms with Crippen molar-refractivity contribution in [2.75, 3.05) is 23.1 Å². The van der Waals surface area contributed by atoms with Gasteiger partial charge in [0, 0.05) is 13.1 Å². The molecule has 0 atom stereocenters. The van der Waals surface area contributed by atoms with Crippen LogP contribution in [0.25, 0.3) is 0 Å². The highest BCUT2D eigenvalue weighted by molar-refractivity contribution is 7.93. The van der Waals surface area contributed by atoms with Crippen LogP contribution < -0.4 is 9.03 Å². The average Bonchev–Trinajstić information content (AvgIpc) is 3.18. The smallest absolute Gasteiger partial charge is 0.236 e. The largest absolute Gasteiger partial charge is 0.270 e. The van der Waals surface area contributed by atoms with Crippen LogP contribution in [0, 0.1) is 0 Å². The Balaban J connectivity index is 1.65. The molecule has 0 amide bonds. The molecular weight excluding hydrogens is 312 g/mol. The molecule has 1 aliphatic carbocycles. The molecule has 1 heterocycles. The summed E-state index contributed by atoms with van der Waals surface area (Å²) in [6.07, 6.45) is 2.03. The Morgan fingerprint density at radius 1 is 1.14 bits per heavy atom. The van der Waals surface area contributed by atoms with Crippen LogP contribution in [-0.4, -0.2) is 40.9 Å². The van der Waals surface area contributed by atoms with Crippen molar-refractivity contribution >= 4 is 25.7 Å². The first-order valence-electron chi connectivity index (χ1n) is 6.97. The van der Waals surface area contributed by atoms with Gasteiger partial charge in [0.1, 0.15) is 0 Å². The van der Waals surface area contributed by atoms with Gasteiger partial charge in [0.15, 0.2) is 0 Å². The first-order valence-corrected chi connectivity index (χ1v) is 10.1. The number of sulfonamides is 2. The molecule has 0 spiro atoms. The highest BCUT2D eigenvalue weighted by Gasteiger charge is 2.36. The minimum atomic E-state index is -3.49. The molecule has 1 aliphatic heterocycles. The molecule has 1 aromatic carbocycles. The van der Waals surface area contributed by atoms with Crippen LogP contribution in [0.3, 0.4) is 0 Å². The zero-order valence-electron chi connectivity index (χ0n) is 11.5. The van der Waals surface area contributed by atoms with E-state index >= 15 is 0 Å². The van der Waals surface area contributed by atoms with Crippen molar-refractivity contribution in [1.82, 2.24) is 4.72 Å². The van der Waals surface area contributed by atoms with Gasteiger partial charge in [-0.25, -0.2) is 21.6 Å². The molecule has 1 aromatic rings. The molecule has 8 heteroatoms. The van der Waals surface area contributed by atoms with Crippen LogP contribution in [0.1, 0.15) is 18.4 Å². The summed E-state index contributed by atoms with van der Waals surface area (Å²) in [6, 6.07) is 7.40. The van der Waals surface area contributed by atoms with Gasteiger partial charge in [0.05, 0.1) is 16.7 Å². The SMILES string of the molecule is O=S(=O)(NCCS(=O)(=O)N1CCc2ccccc21)C1CC1. The maximum absolute atomic E-state index is 12.4. The van der Waals surface area contributed by atoms with E-state index in [2.05, 4.69) is 4.72 Å². The molecule has 3 rings (SSSR count). The lowest BCUT2D eigenvalue weighted by Gasteiger charge is -2.19. The van der Waals surface area contributed by atoms with Crippen molar-refractivity contribution in [2.24, 2.45) is 0 Å². The third-order valence-electron chi connectivity index (χ3n) is 3.81. The Morgan fingerprint density at radius 2 is 1.86 bits per heavy atom. The number of hydrogen-bond donors (Lipinski definition) is 1. The molecule has 0 saturated heterocycles. The van der Waals surface area contributed by atoms with Gasteiger partial charge in [-0.2, -0.15) is 0 Å². The predicted molar refractivity (Wildman–Crippen MR) is 81.2 cm³/mol. The lowest BCUT2D eigenvalue weighted by molar-refractivity contribution is 0.579. The monoisotopic (exact) mass is 330 g/mol. The molecule has 0 radical (unpaired) electrons. The van der Waals surface area contributed by atoms with Crippen LogP contribution in [-0.2, 0) is 26.5 Å². The fraction of sp³-hybridized carbons (Fsp3) is 0.538. The Labute approximate surface area is 125 Å². The highest BCUT2D eigenvalue weighted by atomic mass is 32.2.